The zero-order valence-corrected chi connectivity index (χ0v) is 21.2. The summed E-state index contributed by atoms with van der Waals surface area (Å²) in [5, 5.41) is 15.6. The molecule has 36 heavy (non-hydrogen) atoms. The molecule has 1 atom stereocenters. The molecule has 1 amide bonds. The fourth-order valence-electron chi connectivity index (χ4n) is 3.99. The van der Waals surface area contributed by atoms with Crippen LogP contribution in [0.25, 0.3) is 5.76 Å². The van der Waals surface area contributed by atoms with E-state index in [-0.39, 0.29) is 17.2 Å². The molecule has 1 aromatic heterocycles. The Morgan fingerprint density at radius 2 is 1.86 bits per heavy atom. The fraction of sp³-hybridized carbons (Fsp3) is 0.296. The number of aliphatic hydroxyl groups excluding tert-OH is 1. The third kappa shape index (κ3) is 4.95. The second-order valence-electron chi connectivity index (χ2n) is 8.91. The molecule has 1 N–H and O–H groups in total. The Hall–Kier alpha value is -3.78. The maximum Gasteiger partial charge on any atom is 0.301 e. The van der Waals surface area contributed by atoms with Gasteiger partial charge in [-0.1, -0.05) is 36.7 Å². The van der Waals surface area contributed by atoms with Gasteiger partial charge in [0.1, 0.15) is 11.5 Å². The number of methoxy groups -OCH3 is 1. The Labute approximate surface area is 214 Å². The number of aromatic nitrogens is 1. The summed E-state index contributed by atoms with van der Waals surface area (Å²) in [6.45, 7) is 6.42. The Bertz CT molecular complexity index is 1310. The van der Waals surface area contributed by atoms with Crippen LogP contribution >= 0.6 is 11.6 Å². The van der Waals surface area contributed by atoms with E-state index < -0.39 is 17.7 Å². The molecule has 2 heterocycles. The molecule has 8 nitrogen and oxygen atoms in total. The number of ether oxygens (including phenoxy) is 2. The Kier molecular flexibility index (Phi) is 7.35. The minimum absolute atomic E-state index is 0.0847. The van der Waals surface area contributed by atoms with Gasteiger partial charge in [0.25, 0.3) is 5.78 Å². The molecule has 1 aliphatic heterocycles. The van der Waals surface area contributed by atoms with Crippen molar-refractivity contribution >= 4 is 34.9 Å². The molecule has 0 radical (unpaired) electrons. The highest BCUT2D eigenvalue weighted by atomic mass is 35.5. The van der Waals surface area contributed by atoms with Crippen molar-refractivity contribution in [3.05, 3.63) is 76.0 Å². The number of benzene rings is 2. The summed E-state index contributed by atoms with van der Waals surface area (Å²) < 4.78 is 16.6. The smallest absolute Gasteiger partial charge is 0.301 e. The van der Waals surface area contributed by atoms with E-state index in [2.05, 4.69) is 19.0 Å². The van der Waals surface area contributed by atoms with E-state index >= 15 is 0 Å². The van der Waals surface area contributed by atoms with Gasteiger partial charge in [-0.25, -0.2) is 0 Å². The van der Waals surface area contributed by atoms with Gasteiger partial charge in [0.15, 0.2) is 17.3 Å². The highest BCUT2D eigenvalue weighted by Crippen LogP contribution is 2.44. The molecule has 4 rings (SSSR count). The first-order valence-electron chi connectivity index (χ1n) is 11.5. The van der Waals surface area contributed by atoms with Crippen molar-refractivity contribution in [1.82, 2.24) is 5.16 Å². The molecule has 1 fully saturated rings. The van der Waals surface area contributed by atoms with Gasteiger partial charge < -0.3 is 19.1 Å². The first kappa shape index (κ1) is 25.3. The molecule has 1 unspecified atom stereocenters. The number of amides is 1. The van der Waals surface area contributed by atoms with E-state index in [1.54, 1.807) is 55.5 Å². The molecule has 2 aromatic carbocycles. The number of halogens is 1. The van der Waals surface area contributed by atoms with E-state index in [1.807, 2.05) is 0 Å². The Balaban J connectivity index is 1.84. The van der Waals surface area contributed by atoms with Crippen LogP contribution in [0.5, 0.6) is 11.5 Å². The number of carbonyl (C=O) groups excluding carboxylic acids is 2. The minimum Gasteiger partial charge on any atom is -0.507 e. The van der Waals surface area contributed by atoms with Gasteiger partial charge in [-0.2, -0.15) is 0 Å². The molecule has 3 aromatic rings. The van der Waals surface area contributed by atoms with Crippen molar-refractivity contribution < 1.29 is 28.7 Å². The number of Topliss-reactive ketones (excluding diaryl/α,β-unsaturated/α-hetero) is 1. The first-order valence-corrected chi connectivity index (χ1v) is 11.9. The monoisotopic (exact) mass is 510 g/mol. The van der Waals surface area contributed by atoms with Crippen LogP contribution in [0, 0.1) is 12.8 Å². The van der Waals surface area contributed by atoms with E-state index in [0.29, 0.717) is 45.9 Å². The summed E-state index contributed by atoms with van der Waals surface area (Å²) in [6, 6.07) is 12.1. The zero-order chi connectivity index (χ0) is 26.0. The number of nitrogens with zero attached hydrogens (tertiary/aromatic N) is 2. The van der Waals surface area contributed by atoms with Crippen molar-refractivity contribution in [2.75, 3.05) is 18.6 Å². The van der Waals surface area contributed by atoms with Crippen molar-refractivity contribution in [2.24, 2.45) is 5.92 Å². The lowest BCUT2D eigenvalue weighted by Gasteiger charge is -2.24. The normalized spacial score (nSPS) is 17.2. The van der Waals surface area contributed by atoms with Crippen molar-refractivity contribution in [3.63, 3.8) is 0 Å². The van der Waals surface area contributed by atoms with Gasteiger partial charge in [-0.05, 0) is 61.2 Å². The highest BCUT2D eigenvalue weighted by Gasteiger charge is 2.48. The van der Waals surface area contributed by atoms with Crippen LogP contribution in [0.1, 0.15) is 43.2 Å². The predicted octanol–water partition coefficient (Wildman–Crippen LogP) is 5.70. The highest BCUT2D eigenvalue weighted by molar-refractivity contribution is 6.51. The first-order chi connectivity index (χ1) is 17.2. The predicted molar refractivity (Wildman–Crippen MR) is 135 cm³/mol. The van der Waals surface area contributed by atoms with E-state index in [1.165, 1.54) is 12.0 Å². The summed E-state index contributed by atoms with van der Waals surface area (Å²) in [4.78, 5) is 27.7. The van der Waals surface area contributed by atoms with Gasteiger partial charge in [-0.3, -0.25) is 14.5 Å². The number of carbonyl (C=O) groups is 2. The summed E-state index contributed by atoms with van der Waals surface area (Å²) in [5.41, 5.74) is 0.788. The van der Waals surface area contributed by atoms with Crippen LogP contribution in [0.4, 0.5) is 5.82 Å². The molecule has 0 saturated carbocycles. The zero-order valence-electron chi connectivity index (χ0n) is 20.4. The Morgan fingerprint density at radius 3 is 2.47 bits per heavy atom. The van der Waals surface area contributed by atoms with Gasteiger partial charge in [0, 0.05) is 16.7 Å². The number of hydrogen-bond acceptors (Lipinski definition) is 7. The van der Waals surface area contributed by atoms with Crippen LogP contribution in [0.3, 0.4) is 0 Å². The summed E-state index contributed by atoms with van der Waals surface area (Å²) in [6.07, 6.45) is 0.873. The van der Waals surface area contributed by atoms with Crippen molar-refractivity contribution in [3.8, 4) is 11.5 Å². The lowest BCUT2D eigenvalue weighted by molar-refractivity contribution is -0.132. The third-order valence-electron chi connectivity index (χ3n) is 5.88. The molecule has 0 bridgehead atoms. The third-order valence-corrected chi connectivity index (χ3v) is 6.13. The molecule has 0 spiro atoms. The minimum atomic E-state index is -0.983. The molecule has 0 aliphatic carbocycles. The lowest BCUT2D eigenvalue weighted by atomic mass is 9.95. The van der Waals surface area contributed by atoms with E-state index in [4.69, 9.17) is 25.6 Å². The molecular formula is C27H27ClN2O6. The molecule has 188 valence electrons. The summed E-state index contributed by atoms with van der Waals surface area (Å²) in [7, 11) is 1.51. The number of anilines is 1. The number of rotatable bonds is 8. The van der Waals surface area contributed by atoms with Crippen LogP contribution in [0.2, 0.25) is 5.02 Å². The maximum absolute atomic E-state index is 13.2. The van der Waals surface area contributed by atoms with Crippen LogP contribution in [-0.2, 0) is 9.59 Å². The number of aliphatic hydroxyl groups is 1. The van der Waals surface area contributed by atoms with Crippen LogP contribution in [0.15, 0.2) is 58.6 Å². The number of ketones is 1. The summed E-state index contributed by atoms with van der Waals surface area (Å²) >= 11 is 5.99. The van der Waals surface area contributed by atoms with Gasteiger partial charge in [0.05, 0.1) is 25.3 Å². The largest absolute Gasteiger partial charge is 0.507 e. The Morgan fingerprint density at radius 1 is 1.14 bits per heavy atom. The quantitative estimate of drug-likeness (QED) is 0.236. The maximum atomic E-state index is 13.2. The molecule has 1 saturated heterocycles. The van der Waals surface area contributed by atoms with Gasteiger partial charge in [-0.15, -0.1) is 0 Å². The second-order valence-corrected chi connectivity index (χ2v) is 9.35. The van der Waals surface area contributed by atoms with Crippen LogP contribution < -0.4 is 14.4 Å². The van der Waals surface area contributed by atoms with E-state index in [0.717, 1.165) is 6.42 Å². The average molecular weight is 511 g/mol. The van der Waals surface area contributed by atoms with Crippen LogP contribution in [-0.4, -0.2) is 35.7 Å². The fourth-order valence-corrected chi connectivity index (χ4v) is 4.12. The van der Waals surface area contributed by atoms with Crippen molar-refractivity contribution in [1.29, 1.82) is 0 Å². The number of hydrogen-bond donors (Lipinski definition) is 1. The lowest BCUT2D eigenvalue weighted by Crippen LogP contribution is -2.29. The second kappa shape index (κ2) is 10.5. The van der Waals surface area contributed by atoms with Gasteiger partial charge >= 0.3 is 5.91 Å². The SMILES string of the molecule is COc1cc(C2/C(=C(\O)c3ccc(Cl)cc3)C(=O)C(=O)N2c2cc(C)on2)ccc1OCCC(C)C. The van der Waals surface area contributed by atoms with Crippen molar-refractivity contribution in [2.45, 2.75) is 33.2 Å². The number of aryl methyl sites for hydroxylation is 1. The topological polar surface area (TPSA) is 102 Å². The summed E-state index contributed by atoms with van der Waals surface area (Å²) in [5.74, 6) is 0.0754. The molecular weight excluding hydrogens is 484 g/mol. The average Bonchev–Trinajstić information content (AvgIpc) is 3.39. The molecule has 1 aliphatic rings. The van der Waals surface area contributed by atoms with Gasteiger partial charge in [0.2, 0.25) is 0 Å². The standard InChI is InChI=1S/C27H27ClN2O6/c1-15(2)11-12-35-20-10-7-18(14-21(20)34-4)24-23(25(31)17-5-8-19(28)9-6-17)26(32)27(33)30(24)22-13-16(3)36-29-22/h5-10,13-15,24,31H,11-12H2,1-4H3/b25-23+. The van der Waals surface area contributed by atoms with E-state index in [9.17, 15) is 14.7 Å². The molecule has 9 heteroatoms.